The fourth-order valence-corrected chi connectivity index (χ4v) is 1.64. The Morgan fingerprint density at radius 1 is 1.57 bits per heavy atom. The van der Waals surface area contributed by atoms with Crippen LogP contribution in [-0.4, -0.2) is 48.9 Å². The van der Waals surface area contributed by atoms with Gasteiger partial charge < -0.3 is 4.90 Å². The third-order valence-corrected chi connectivity index (χ3v) is 2.47. The SMILES string of the molecule is CN(C)CCSCC(F)(F)C(=O)NN. The molecule has 0 heterocycles. The quantitative estimate of drug-likeness (QED) is 0.288. The first-order valence-corrected chi connectivity index (χ1v) is 5.17. The molecule has 0 atom stereocenters. The van der Waals surface area contributed by atoms with Crippen molar-refractivity contribution in [2.75, 3.05) is 32.1 Å². The number of hydrogen-bond acceptors (Lipinski definition) is 4. The molecule has 3 N–H and O–H groups in total. The van der Waals surface area contributed by atoms with Gasteiger partial charge in [0, 0.05) is 12.3 Å². The highest BCUT2D eigenvalue weighted by atomic mass is 32.2. The first-order valence-electron chi connectivity index (χ1n) is 4.01. The van der Waals surface area contributed by atoms with Crippen molar-refractivity contribution in [2.24, 2.45) is 5.84 Å². The zero-order chi connectivity index (χ0) is 11.2. The average Bonchev–Trinajstić information content (AvgIpc) is 2.10. The van der Waals surface area contributed by atoms with Crippen LogP contribution in [0.15, 0.2) is 0 Å². The molecule has 0 unspecified atom stereocenters. The van der Waals surface area contributed by atoms with Crippen LogP contribution in [0.4, 0.5) is 8.78 Å². The molecule has 0 aromatic rings. The van der Waals surface area contributed by atoms with Crippen LogP contribution in [0.3, 0.4) is 0 Å². The molecule has 0 fully saturated rings. The summed E-state index contributed by atoms with van der Waals surface area (Å²) in [6.07, 6.45) is 0. The number of halogens is 2. The summed E-state index contributed by atoms with van der Waals surface area (Å²) in [6, 6.07) is 0. The molecule has 7 heteroatoms. The summed E-state index contributed by atoms with van der Waals surface area (Å²) >= 11 is 1.02. The number of nitrogens with two attached hydrogens (primary N) is 1. The van der Waals surface area contributed by atoms with Gasteiger partial charge in [-0.15, -0.1) is 0 Å². The van der Waals surface area contributed by atoms with Crippen LogP contribution in [-0.2, 0) is 4.79 Å². The smallest absolute Gasteiger partial charge is 0.309 e. The van der Waals surface area contributed by atoms with Gasteiger partial charge in [-0.1, -0.05) is 0 Å². The van der Waals surface area contributed by atoms with Crippen molar-refractivity contribution in [2.45, 2.75) is 5.92 Å². The maximum atomic E-state index is 12.8. The van der Waals surface area contributed by atoms with Crippen LogP contribution in [0.2, 0.25) is 0 Å². The van der Waals surface area contributed by atoms with Crippen molar-refractivity contribution < 1.29 is 13.6 Å². The molecule has 14 heavy (non-hydrogen) atoms. The van der Waals surface area contributed by atoms with Crippen molar-refractivity contribution in [1.29, 1.82) is 0 Å². The number of thioether (sulfide) groups is 1. The first kappa shape index (κ1) is 13.6. The molecule has 4 nitrogen and oxygen atoms in total. The second-order valence-electron chi connectivity index (χ2n) is 3.03. The summed E-state index contributed by atoms with van der Waals surface area (Å²) in [7, 11) is 3.70. The lowest BCUT2D eigenvalue weighted by atomic mass is 10.4. The van der Waals surface area contributed by atoms with Gasteiger partial charge in [0.05, 0.1) is 5.75 Å². The standard InChI is InChI=1S/C7H15F2N3OS/c1-12(2)3-4-14-5-7(8,9)6(13)11-10/h3-5,10H2,1-2H3,(H,11,13). The molecule has 0 aliphatic rings. The van der Waals surface area contributed by atoms with Gasteiger partial charge in [-0.2, -0.15) is 20.5 Å². The topological polar surface area (TPSA) is 58.4 Å². The van der Waals surface area contributed by atoms with E-state index in [1.165, 1.54) is 5.43 Å². The van der Waals surface area contributed by atoms with Crippen LogP contribution in [0.1, 0.15) is 0 Å². The monoisotopic (exact) mass is 227 g/mol. The van der Waals surface area contributed by atoms with Crippen molar-refractivity contribution in [3.63, 3.8) is 0 Å². The van der Waals surface area contributed by atoms with E-state index < -0.39 is 17.6 Å². The van der Waals surface area contributed by atoms with E-state index in [0.717, 1.165) is 11.8 Å². The Bertz CT molecular complexity index is 190. The highest BCUT2D eigenvalue weighted by Crippen LogP contribution is 2.19. The van der Waals surface area contributed by atoms with E-state index in [-0.39, 0.29) is 0 Å². The number of hydrazine groups is 1. The van der Waals surface area contributed by atoms with E-state index in [1.54, 1.807) is 0 Å². The number of amides is 1. The lowest BCUT2D eigenvalue weighted by molar-refractivity contribution is -0.142. The van der Waals surface area contributed by atoms with E-state index in [4.69, 9.17) is 0 Å². The molecule has 0 rings (SSSR count). The van der Waals surface area contributed by atoms with E-state index in [2.05, 4.69) is 5.84 Å². The predicted octanol–water partition coefficient (Wildman–Crippen LogP) is -0.0936. The molecule has 0 bridgehead atoms. The molecule has 0 saturated heterocycles. The van der Waals surface area contributed by atoms with E-state index in [0.29, 0.717) is 12.3 Å². The number of nitrogens with zero attached hydrogens (tertiary/aromatic N) is 1. The van der Waals surface area contributed by atoms with Gasteiger partial charge in [-0.25, -0.2) is 5.84 Å². The van der Waals surface area contributed by atoms with Gasteiger partial charge >= 0.3 is 11.8 Å². The van der Waals surface area contributed by atoms with Crippen molar-refractivity contribution in [1.82, 2.24) is 10.3 Å². The largest absolute Gasteiger partial charge is 0.334 e. The minimum atomic E-state index is -3.38. The molecule has 84 valence electrons. The molecule has 0 aliphatic heterocycles. The number of nitrogens with one attached hydrogen (secondary N) is 1. The van der Waals surface area contributed by atoms with Gasteiger partial charge in [0.25, 0.3) is 0 Å². The maximum Gasteiger partial charge on any atom is 0.334 e. The second kappa shape index (κ2) is 6.15. The molecular weight excluding hydrogens is 212 g/mol. The normalized spacial score (nSPS) is 11.9. The van der Waals surface area contributed by atoms with Crippen LogP contribution in [0.25, 0.3) is 0 Å². The Hall–Kier alpha value is -0.400. The lowest BCUT2D eigenvalue weighted by Crippen LogP contribution is -2.45. The number of carbonyl (C=O) groups excluding carboxylic acids is 1. The highest BCUT2D eigenvalue weighted by molar-refractivity contribution is 7.99. The van der Waals surface area contributed by atoms with Crippen LogP contribution in [0, 0.1) is 0 Å². The maximum absolute atomic E-state index is 12.8. The van der Waals surface area contributed by atoms with Gasteiger partial charge in [0.1, 0.15) is 0 Å². The predicted molar refractivity (Wildman–Crippen MR) is 53.2 cm³/mol. The summed E-state index contributed by atoms with van der Waals surface area (Å²) in [4.78, 5) is 12.4. The van der Waals surface area contributed by atoms with Crippen molar-refractivity contribution in [3.05, 3.63) is 0 Å². The van der Waals surface area contributed by atoms with Crippen molar-refractivity contribution >= 4 is 17.7 Å². The van der Waals surface area contributed by atoms with E-state index in [1.807, 2.05) is 19.0 Å². The molecule has 0 aromatic carbocycles. The Kier molecular flexibility index (Phi) is 5.98. The summed E-state index contributed by atoms with van der Waals surface area (Å²) < 4.78 is 25.6. The van der Waals surface area contributed by atoms with Crippen molar-refractivity contribution in [3.8, 4) is 0 Å². The second-order valence-corrected chi connectivity index (χ2v) is 4.14. The highest BCUT2D eigenvalue weighted by Gasteiger charge is 2.37. The lowest BCUT2D eigenvalue weighted by Gasteiger charge is -2.14. The van der Waals surface area contributed by atoms with Gasteiger partial charge in [-0.05, 0) is 14.1 Å². The summed E-state index contributed by atoms with van der Waals surface area (Å²) in [5.41, 5.74) is 1.44. The zero-order valence-electron chi connectivity index (χ0n) is 8.22. The summed E-state index contributed by atoms with van der Waals surface area (Å²) in [5.74, 6) is -0.187. The molecule has 0 aliphatic carbocycles. The molecule has 0 saturated carbocycles. The van der Waals surface area contributed by atoms with E-state index >= 15 is 0 Å². The Labute approximate surface area is 86.2 Å². The van der Waals surface area contributed by atoms with Crippen LogP contribution < -0.4 is 11.3 Å². The number of carbonyl (C=O) groups is 1. The third-order valence-electron chi connectivity index (χ3n) is 1.43. The summed E-state index contributed by atoms with van der Waals surface area (Å²) in [5, 5.41) is 0. The fourth-order valence-electron chi connectivity index (χ4n) is 0.619. The molecule has 0 aromatic heterocycles. The minimum Gasteiger partial charge on any atom is -0.309 e. The van der Waals surface area contributed by atoms with Gasteiger partial charge in [-0.3, -0.25) is 10.2 Å². The Morgan fingerprint density at radius 3 is 2.57 bits per heavy atom. The minimum absolute atomic E-state index is 0.538. The molecule has 0 radical (unpaired) electrons. The zero-order valence-corrected chi connectivity index (χ0v) is 9.03. The van der Waals surface area contributed by atoms with Crippen LogP contribution >= 0.6 is 11.8 Å². The molecule has 0 spiro atoms. The third kappa shape index (κ3) is 5.36. The molecular formula is C7H15F2N3OS. The number of rotatable bonds is 6. The van der Waals surface area contributed by atoms with Gasteiger partial charge in [0.15, 0.2) is 0 Å². The number of alkyl halides is 2. The average molecular weight is 227 g/mol. The van der Waals surface area contributed by atoms with Gasteiger partial charge in [0.2, 0.25) is 0 Å². The first-order chi connectivity index (χ1) is 6.40. The van der Waals surface area contributed by atoms with Crippen LogP contribution in [0.5, 0.6) is 0 Å². The fraction of sp³-hybridized carbons (Fsp3) is 0.857. The Balaban J connectivity index is 3.71. The Morgan fingerprint density at radius 2 is 2.14 bits per heavy atom. The summed E-state index contributed by atoms with van der Waals surface area (Å²) in [6.45, 7) is 0.699. The molecule has 1 amide bonds. The van der Waals surface area contributed by atoms with E-state index in [9.17, 15) is 13.6 Å². The number of hydrogen-bond donors (Lipinski definition) is 2.